The Bertz CT molecular complexity index is 1680. The summed E-state index contributed by atoms with van der Waals surface area (Å²) in [4.78, 5) is 0. The molecule has 6 rings (SSSR count). The molecule has 0 unspecified atom stereocenters. The summed E-state index contributed by atoms with van der Waals surface area (Å²) in [5.41, 5.74) is 14.7. The van der Waals surface area contributed by atoms with Crippen molar-refractivity contribution in [2.24, 2.45) is 0 Å². The normalized spacial score (nSPS) is 13.2. The van der Waals surface area contributed by atoms with Crippen LogP contribution in [0.1, 0.15) is 36.1 Å². The highest BCUT2D eigenvalue weighted by atomic mass is 127. The minimum absolute atomic E-state index is 0.101. The van der Waals surface area contributed by atoms with Crippen LogP contribution in [-0.2, 0) is 5.41 Å². The summed E-state index contributed by atoms with van der Waals surface area (Å²) in [5.74, 6) is 0. The smallest absolute Gasteiger partial charge is 0.0250 e. The molecule has 0 atom stereocenters. The highest BCUT2D eigenvalue weighted by molar-refractivity contribution is 14.1. The van der Waals surface area contributed by atoms with Crippen LogP contribution in [0.25, 0.3) is 44.5 Å². The fourth-order valence-corrected chi connectivity index (χ4v) is 6.22. The molecule has 5 aromatic carbocycles. The van der Waals surface area contributed by atoms with E-state index in [4.69, 9.17) is 5.41 Å². The molecule has 0 bridgehead atoms. The monoisotopic (exact) mass is 589 g/mol. The van der Waals surface area contributed by atoms with Crippen LogP contribution in [0.2, 0.25) is 0 Å². The van der Waals surface area contributed by atoms with Gasteiger partial charge in [-0.3, -0.25) is 0 Å². The highest BCUT2D eigenvalue weighted by Gasteiger charge is 2.38. The zero-order valence-corrected chi connectivity index (χ0v) is 23.4. The SMILES string of the molecule is Cc1cc(-c2cc(-c3cc(C=N)ccc3-c3ccccc3)cc3c2C(C)(C)c2ccccc2-3)ccc1I. The molecular formula is C35H28IN. The summed E-state index contributed by atoms with van der Waals surface area (Å²) in [6, 6.07) is 37.3. The Hall–Kier alpha value is -3.50. The van der Waals surface area contributed by atoms with Crippen LogP contribution in [0.4, 0.5) is 0 Å². The zero-order valence-electron chi connectivity index (χ0n) is 21.3. The van der Waals surface area contributed by atoms with Crippen molar-refractivity contribution >= 4 is 28.8 Å². The molecule has 0 aromatic heterocycles. The first-order valence-corrected chi connectivity index (χ1v) is 13.7. The molecule has 1 aliphatic rings. The maximum atomic E-state index is 7.94. The molecule has 0 radical (unpaired) electrons. The minimum atomic E-state index is -0.101. The summed E-state index contributed by atoms with van der Waals surface area (Å²) in [6.45, 7) is 6.90. The first-order chi connectivity index (χ1) is 17.9. The zero-order chi connectivity index (χ0) is 25.7. The van der Waals surface area contributed by atoms with Gasteiger partial charge >= 0.3 is 0 Å². The lowest BCUT2D eigenvalue weighted by Crippen LogP contribution is -2.16. The van der Waals surface area contributed by atoms with E-state index in [-0.39, 0.29) is 5.41 Å². The van der Waals surface area contributed by atoms with Crippen molar-refractivity contribution in [2.75, 3.05) is 0 Å². The number of hydrogen-bond donors (Lipinski definition) is 1. The van der Waals surface area contributed by atoms with E-state index in [1.165, 1.54) is 65.4 Å². The van der Waals surface area contributed by atoms with E-state index in [9.17, 15) is 0 Å². The summed E-state index contributed by atoms with van der Waals surface area (Å²) >= 11 is 2.42. The lowest BCUT2D eigenvalue weighted by molar-refractivity contribution is 0.662. The number of hydrogen-bond acceptors (Lipinski definition) is 1. The van der Waals surface area contributed by atoms with E-state index in [0.717, 1.165) is 11.1 Å². The second-order valence-corrected chi connectivity index (χ2v) is 11.6. The second-order valence-electron chi connectivity index (χ2n) is 10.4. The number of benzene rings is 5. The largest absolute Gasteiger partial charge is 0.308 e. The lowest BCUT2D eigenvalue weighted by Gasteiger charge is -2.25. The first-order valence-electron chi connectivity index (χ1n) is 12.6. The number of aryl methyl sites for hydroxylation is 1. The maximum Gasteiger partial charge on any atom is 0.0250 e. The molecule has 2 heteroatoms. The maximum absolute atomic E-state index is 7.94. The number of rotatable bonds is 4. The molecule has 180 valence electrons. The molecule has 5 aromatic rings. The van der Waals surface area contributed by atoms with Crippen LogP contribution in [0.15, 0.2) is 103 Å². The van der Waals surface area contributed by atoms with Gasteiger partial charge in [-0.1, -0.05) is 92.7 Å². The summed E-state index contributed by atoms with van der Waals surface area (Å²) < 4.78 is 1.28. The third-order valence-corrected chi connectivity index (χ3v) is 8.94. The van der Waals surface area contributed by atoms with Gasteiger partial charge in [-0.2, -0.15) is 0 Å². The van der Waals surface area contributed by atoms with Crippen molar-refractivity contribution in [3.05, 3.63) is 129 Å². The molecule has 0 amide bonds. The Morgan fingerprint density at radius 1 is 0.622 bits per heavy atom. The average molecular weight is 590 g/mol. The summed E-state index contributed by atoms with van der Waals surface area (Å²) in [7, 11) is 0. The fourth-order valence-electron chi connectivity index (χ4n) is 5.88. The third-order valence-electron chi connectivity index (χ3n) is 7.73. The van der Waals surface area contributed by atoms with Gasteiger partial charge < -0.3 is 5.41 Å². The molecule has 0 heterocycles. The molecule has 1 aliphatic carbocycles. The Labute approximate surface area is 232 Å². The van der Waals surface area contributed by atoms with Crippen LogP contribution in [-0.4, -0.2) is 6.21 Å². The highest BCUT2D eigenvalue weighted by Crippen LogP contribution is 2.54. The molecule has 37 heavy (non-hydrogen) atoms. The molecule has 1 nitrogen and oxygen atoms in total. The Morgan fingerprint density at radius 2 is 1.35 bits per heavy atom. The van der Waals surface area contributed by atoms with Gasteiger partial charge in [-0.15, -0.1) is 0 Å². The van der Waals surface area contributed by atoms with Gasteiger partial charge in [0.1, 0.15) is 0 Å². The van der Waals surface area contributed by atoms with Gasteiger partial charge in [0.05, 0.1) is 0 Å². The first kappa shape index (κ1) is 23.9. The van der Waals surface area contributed by atoms with Crippen molar-refractivity contribution in [3.8, 4) is 44.5 Å². The molecular weight excluding hydrogens is 561 g/mol. The number of halogens is 1. The molecule has 0 fully saturated rings. The van der Waals surface area contributed by atoms with Crippen molar-refractivity contribution in [3.63, 3.8) is 0 Å². The molecule has 0 spiro atoms. The Balaban J connectivity index is 1.70. The van der Waals surface area contributed by atoms with Crippen LogP contribution >= 0.6 is 22.6 Å². The minimum Gasteiger partial charge on any atom is -0.308 e. The van der Waals surface area contributed by atoms with Gasteiger partial charge in [0.2, 0.25) is 0 Å². The fraction of sp³-hybridized carbons (Fsp3) is 0.114. The molecule has 0 aliphatic heterocycles. The van der Waals surface area contributed by atoms with E-state index in [0.29, 0.717) is 0 Å². The van der Waals surface area contributed by atoms with Crippen molar-refractivity contribution in [1.82, 2.24) is 0 Å². The van der Waals surface area contributed by atoms with Crippen molar-refractivity contribution in [1.29, 1.82) is 5.41 Å². The third kappa shape index (κ3) is 3.95. The lowest BCUT2D eigenvalue weighted by atomic mass is 9.77. The van der Waals surface area contributed by atoms with Gasteiger partial charge in [-0.05, 0) is 121 Å². The molecule has 1 N–H and O–H groups in total. The van der Waals surface area contributed by atoms with Crippen LogP contribution in [0.5, 0.6) is 0 Å². The van der Waals surface area contributed by atoms with Crippen molar-refractivity contribution < 1.29 is 0 Å². The van der Waals surface area contributed by atoms with E-state index >= 15 is 0 Å². The topological polar surface area (TPSA) is 23.9 Å². The van der Waals surface area contributed by atoms with Gasteiger partial charge in [0.15, 0.2) is 0 Å². The number of nitrogens with one attached hydrogen (secondary N) is 1. The predicted octanol–water partition coefficient (Wildman–Crippen LogP) is 9.90. The standard InChI is InChI=1S/C35H28IN/c1-22-17-25(14-16-33(22)36)30-19-26(20-31-28-11-7-8-12-32(28)35(2,3)34(30)31)29-18-23(21-37)13-15-27(29)24-9-5-4-6-10-24/h4-21,37H,1-3H3. The summed E-state index contributed by atoms with van der Waals surface area (Å²) in [5, 5.41) is 7.94. The quantitative estimate of drug-likeness (QED) is 0.159. The molecule has 0 saturated heterocycles. The Kier molecular flexibility index (Phi) is 5.88. The van der Waals surface area contributed by atoms with Gasteiger partial charge in [0.25, 0.3) is 0 Å². The predicted molar refractivity (Wildman–Crippen MR) is 166 cm³/mol. The molecule has 0 saturated carbocycles. The second kappa shape index (κ2) is 9.11. The van der Waals surface area contributed by atoms with Crippen molar-refractivity contribution in [2.45, 2.75) is 26.2 Å². The van der Waals surface area contributed by atoms with E-state index < -0.39 is 0 Å². The van der Waals surface area contributed by atoms with Gasteiger partial charge in [0, 0.05) is 15.2 Å². The van der Waals surface area contributed by atoms with Crippen LogP contribution in [0, 0.1) is 15.9 Å². The number of fused-ring (bicyclic) bond motifs is 3. The van der Waals surface area contributed by atoms with E-state index in [1.807, 2.05) is 6.07 Å². The Morgan fingerprint density at radius 3 is 2.11 bits per heavy atom. The average Bonchev–Trinajstić information content (AvgIpc) is 3.16. The summed E-state index contributed by atoms with van der Waals surface area (Å²) in [6.07, 6.45) is 1.44. The van der Waals surface area contributed by atoms with Gasteiger partial charge in [-0.25, -0.2) is 0 Å². The van der Waals surface area contributed by atoms with Crippen LogP contribution < -0.4 is 0 Å². The van der Waals surface area contributed by atoms with E-state index in [1.54, 1.807) is 0 Å². The van der Waals surface area contributed by atoms with E-state index in [2.05, 4.69) is 140 Å². The van der Waals surface area contributed by atoms with Crippen LogP contribution in [0.3, 0.4) is 0 Å².